The summed E-state index contributed by atoms with van der Waals surface area (Å²) in [6, 6.07) is 0. The fourth-order valence-corrected chi connectivity index (χ4v) is 10.7. The molecule has 0 aromatic carbocycles. The predicted octanol–water partition coefficient (Wildman–Crippen LogP) is 2.71. The first-order valence-corrected chi connectivity index (χ1v) is 23.2. The molecule has 0 amide bonds. The largest absolute Gasteiger partial charge is 1.00 e. The number of unbranched alkanes of at least 4 members (excludes halogenated alkanes) is 1. The second kappa shape index (κ2) is 19.9. The Morgan fingerprint density at radius 3 is 2.02 bits per heavy atom. The molecule has 348 valence electrons. The second-order valence-corrected chi connectivity index (χ2v) is 20.2. The van der Waals surface area contributed by atoms with Crippen LogP contribution in [0, 0.1) is 35.0 Å². The van der Waals surface area contributed by atoms with Crippen LogP contribution in [0.2, 0.25) is 0 Å². The molecular weight excluding hydrogens is 826 g/mol. The molecule has 6 saturated heterocycles. The van der Waals surface area contributed by atoms with Gasteiger partial charge in [0.15, 0.2) is 23.8 Å². The number of aliphatic hydroxyl groups is 2. The monoisotopic (exact) mass is 896 g/mol. The van der Waals surface area contributed by atoms with Gasteiger partial charge in [-0.05, 0) is 78.1 Å². The summed E-state index contributed by atoms with van der Waals surface area (Å²) in [5.41, 5.74) is -1.67. The molecule has 0 saturated carbocycles. The van der Waals surface area contributed by atoms with Crippen LogP contribution >= 0.6 is 0 Å². The Hall–Kier alpha value is -1.59. The Morgan fingerprint density at radius 2 is 1.43 bits per heavy atom. The molecule has 0 aromatic heterocycles. The van der Waals surface area contributed by atoms with Crippen LogP contribution in [0.5, 0.6) is 0 Å². The minimum atomic E-state index is -3.52. The molecule has 3 spiro atoms. The quantitative estimate of drug-likeness (QED) is 0.103. The van der Waals surface area contributed by atoms with Gasteiger partial charge >= 0.3 is 54.4 Å². The third-order valence-corrected chi connectivity index (χ3v) is 15.2. The molecule has 1 unspecified atom stereocenters. The molecule has 63 heavy (non-hydrogen) atoms. The SMILES string of the molecule is C#CCCCC(=O)O[C@H](C)[C@@H]1C/C=C\CC[C@H](O)C(C)(C)[C@@H]2CC[C@@H](C)[C@]3(O2)O[B-]24O[C@@H](C(=O)O1)[C@@]1(O[C@@H](CC[C@H]1C)C(C)(C)[C@H](O)CCC[C@@H]1C[C@H](OC(=O)[C@@H]3O2)[C@@H](C)O1)O4.[Na+]. The van der Waals surface area contributed by atoms with E-state index in [0.717, 1.165) is 0 Å². The normalized spacial score (nSPS) is 44.8. The van der Waals surface area contributed by atoms with E-state index in [1.165, 1.54) is 0 Å². The summed E-state index contributed by atoms with van der Waals surface area (Å²) in [4.78, 5) is 42.7. The van der Waals surface area contributed by atoms with Gasteiger partial charge in [0.05, 0.1) is 36.6 Å². The summed E-state index contributed by atoms with van der Waals surface area (Å²) in [6.07, 6.45) is 6.19. The third kappa shape index (κ3) is 10.0. The molecule has 7 aliphatic heterocycles. The van der Waals surface area contributed by atoms with Crippen LogP contribution in [0.25, 0.3) is 0 Å². The number of hydrogen-bond donors (Lipinski definition) is 2. The standard InChI is InChI=1S/C46H70BO15.Na/c1-10-11-13-21-38(50)54-29(4)32-18-14-12-15-19-34(48)43(6,7)36-24-22-28(3)46(57-36)40-42(52)56-33-26-31(53-30(33)5)17-16-20-35(49)44(8,9)37-25-23-27(2)45(58-37)39(41(51)55-32)59-47(60-40,61-45)62-46;/h1,12,14,27-37,39-40,48-49H,11,13,15-26H2,2-9H3;/q-1;+1/b14-12-;/t27-,28-,29-,30-,31-,32+,33+,34+,35-,36+,37+,39+,40+,45+,46+,47?;/m1./s1. The fraction of sp³-hybridized carbons (Fsp3) is 0.848. The molecular formula is C46H70BNaO15. The van der Waals surface area contributed by atoms with E-state index < -0.39 is 120 Å². The molecule has 7 heterocycles. The molecule has 17 heteroatoms. The zero-order chi connectivity index (χ0) is 44.8. The Kier molecular flexibility index (Phi) is 16.1. The molecule has 0 aliphatic carbocycles. The molecule has 0 radical (unpaired) electrons. The number of terminal acetylenes is 1. The van der Waals surface area contributed by atoms with E-state index in [1.54, 1.807) is 6.92 Å². The van der Waals surface area contributed by atoms with E-state index in [-0.39, 0.29) is 48.5 Å². The molecule has 6 fully saturated rings. The summed E-state index contributed by atoms with van der Waals surface area (Å²) in [5, 5.41) is 23.6. The van der Waals surface area contributed by atoms with Crippen LogP contribution in [-0.2, 0) is 61.4 Å². The van der Waals surface area contributed by atoms with Crippen molar-refractivity contribution in [2.45, 2.75) is 224 Å². The van der Waals surface area contributed by atoms with Crippen molar-refractivity contribution in [2.24, 2.45) is 22.7 Å². The van der Waals surface area contributed by atoms with E-state index in [0.29, 0.717) is 77.0 Å². The van der Waals surface area contributed by atoms with Crippen molar-refractivity contribution in [2.75, 3.05) is 0 Å². The minimum Gasteiger partial charge on any atom is -0.504 e. The maximum atomic E-state index is 15.0. The first-order valence-electron chi connectivity index (χ1n) is 23.2. The van der Waals surface area contributed by atoms with E-state index in [1.807, 2.05) is 60.6 Å². The van der Waals surface area contributed by atoms with Crippen LogP contribution < -0.4 is 29.6 Å². The summed E-state index contributed by atoms with van der Waals surface area (Å²) < 4.78 is 65.9. The zero-order valence-corrected chi connectivity index (χ0v) is 40.9. The average Bonchev–Trinajstić information content (AvgIpc) is 3.84. The first kappa shape index (κ1) is 50.8. The van der Waals surface area contributed by atoms with Gasteiger partial charge in [0.2, 0.25) is 0 Å². The number of fused-ring (bicyclic) bond motifs is 6. The van der Waals surface area contributed by atoms with Gasteiger partial charge in [-0.1, -0.05) is 53.7 Å². The Morgan fingerprint density at radius 1 is 0.857 bits per heavy atom. The first-order chi connectivity index (χ1) is 29.3. The van der Waals surface area contributed by atoms with Gasteiger partial charge in [-0.15, -0.1) is 12.3 Å². The topological polar surface area (TPSA) is 184 Å². The molecule has 7 aliphatic rings. The van der Waals surface area contributed by atoms with Crippen molar-refractivity contribution in [3.05, 3.63) is 12.2 Å². The van der Waals surface area contributed by atoms with Crippen molar-refractivity contribution >= 4 is 24.9 Å². The summed E-state index contributed by atoms with van der Waals surface area (Å²) in [7, 11) is 0. The number of ether oxygens (including phenoxy) is 6. The Bertz CT molecular complexity index is 1720. The van der Waals surface area contributed by atoms with Gasteiger partial charge in [0.1, 0.15) is 18.3 Å². The van der Waals surface area contributed by atoms with Crippen molar-refractivity contribution in [1.82, 2.24) is 0 Å². The van der Waals surface area contributed by atoms with Gasteiger partial charge in [-0.25, -0.2) is 9.59 Å². The molecule has 15 nitrogen and oxygen atoms in total. The van der Waals surface area contributed by atoms with Gasteiger partial charge in [0.25, 0.3) is 0 Å². The fourth-order valence-electron chi connectivity index (χ4n) is 10.7. The van der Waals surface area contributed by atoms with Crippen LogP contribution in [0.1, 0.15) is 145 Å². The minimum absolute atomic E-state index is 0. The van der Waals surface area contributed by atoms with Gasteiger partial charge < -0.3 is 57.3 Å². The number of carbonyl (C=O) groups excluding carboxylic acids is 3. The van der Waals surface area contributed by atoms with Gasteiger partial charge in [-0.2, -0.15) is 0 Å². The summed E-state index contributed by atoms with van der Waals surface area (Å²) in [6.45, 7) is 11.5. The van der Waals surface area contributed by atoms with E-state index in [2.05, 4.69) is 5.92 Å². The smallest absolute Gasteiger partial charge is 0.504 e. The van der Waals surface area contributed by atoms with Crippen LogP contribution in [0.3, 0.4) is 0 Å². The Balaban J connectivity index is 0.00000661. The number of esters is 3. The molecule has 7 rings (SSSR count). The zero-order valence-electron chi connectivity index (χ0n) is 38.9. The van der Waals surface area contributed by atoms with Crippen molar-refractivity contribution in [3.63, 3.8) is 0 Å². The number of carbonyl (C=O) groups is 3. The maximum Gasteiger partial charge on any atom is 1.00 e. The van der Waals surface area contributed by atoms with Crippen molar-refractivity contribution in [3.8, 4) is 12.3 Å². The number of cyclic esters (lactones) is 1. The van der Waals surface area contributed by atoms with Gasteiger partial charge in [-0.3, -0.25) is 4.79 Å². The predicted molar refractivity (Wildman–Crippen MR) is 223 cm³/mol. The number of aliphatic hydroxyl groups excluding tert-OH is 2. The molecule has 9 bridgehead atoms. The number of rotatable bonds is 5. The van der Waals surface area contributed by atoms with Crippen LogP contribution in [0.15, 0.2) is 12.2 Å². The van der Waals surface area contributed by atoms with Gasteiger partial charge in [0, 0.05) is 48.3 Å². The summed E-state index contributed by atoms with van der Waals surface area (Å²) in [5.74, 6) is -4.39. The second-order valence-electron chi connectivity index (χ2n) is 20.2. The van der Waals surface area contributed by atoms with Crippen molar-refractivity contribution in [1.29, 1.82) is 0 Å². The van der Waals surface area contributed by atoms with E-state index >= 15 is 0 Å². The van der Waals surface area contributed by atoms with E-state index in [9.17, 15) is 24.6 Å². The molecule has 2 N–H and O–H groups in total. The summed E-state index contributed by atoms with van der Waals surface area (Å²) >= 11 is 0. The number of allylic oxidation sites excluding steroid dienone is 1. The Labute approximate surface area is 395 Å². The van der Waals surface area contributed by atoms with Crippen molar-refractivity contribution < 1.29 is 101 Å². The number of hydrogen-bond acceptors (Lipinski definition) is 15. The van der Waals surface area contributed by atoms with Crippen LogP contribution in [0.4, 0.5) is 0 Å². The van der Waals surface area contributed by atoms with E-state index in [4.69, 9.17) is 53.5 Å². The van der Waals surface area contributed by atoms with Crippen LogP contribution in [-0.4, -0.2) is 114 Å². The molecule has 16 atom stereocenters. The average molecular weight is 897 g/mol. The maximum absolute atomic E-state index is 15.0. The third-order valence-electron chi connectivity index (χ3n) is 15.2. The molecule has 0 aromatic rings.